The summed E-state index contributed by atoms with van der Waals surface area (Å²) in [6.45, 7) is 0.559. The first kappa shape index (κ1) is 12.0. The molecule has 84 valence electrons. The van der Waals surface area contributed by atoms with E-state index < -0.39 is 12.6 Å². The standard InChI is InChI=1S/C11H14F3N/c12-11(13,14)8-10-4-1-3-9(7-10)5-2-6-15/h1,3-4,7H,2,5-6,8,15H2. The predicted octanol–water partition coefficient (Wildman–Crippen LogP) is 2.68. The van der Waals surface area contributed by atoms with E-state index in [4.69, 9.17) is 5.73 Å². The first-order valence-electron chi connectivity index (χ1n) is 4.86. The Morgan fingerprint density at radius 1 is 1.13 bits per heavy atom. The van der Waals surface area contributed by atoms with E-state index in [0.717, 1.165) is 18.4 Å². The van der Waals surface area contributed by atoms with Gasteiger partial charge in [0.2, 0.25) is 0 Å². The first-order valence-corrected chi connectivity index (χ1v) is 4.86. The molecule has 0 atom stereocenters. The minimum atomic E-state index is -4.13. The molecule has 0 saturated heterocycles. The SMILES string of the molecule is NCCCc1cccc(CC(F)(F)F)c1. The number of aryl methyl sites for hydroxylation is 1. The van der Waals surface area contributed by atoms with Crippen molar-refractivity contribution >= 4 is 0 Å². The van der Waals surface area contributed by atoms with Crippen LogP contribution in [0.3, 0.4) is 0 Å². The van der Waals surface area contributed by atoms with Crippen LogP contribution in [0.5, 0.6) is 0 Å². The van der Waals surface area contributed by atoms with Gasteiger partial charge in [-0.25, -0.2) is 0 Å². The summed E-state index contributed by atoms with van der Waals surface area (Å²) >= 11 is 0. The normalized spacial score (nSPS) is 11.7. The third kappa shape index (κ3) is 4.83. The Hall–Kier alpha value is -1.03. The molecule has 0 unspecified atom stereocenters. The van der Waals surface area contributed by atoms with E-state index in [9.17, 15) is 13.2 Å². The van der Waals surface area contributed by atoms with Gasteiger partial charge in [-0.05, 0) is 30.5 Å². The van der Waals surface area contributed by atoms with Gasteiger partial charge in [0, 0.05) is 0 Å². The van der Waals surface area contributed by atoms with Crippen LogP contribution in [-0.4, -0.2) is 12.7 Å². The molecule has 1 aromatic carbocycles. The summed E-state index contributed by atoms with van der Waals surface area (Å²) in [6, 6.07) is 6.59. The third-order valence-corrected chi connectivity index (χ3v) is 2.07. The molecule has 0 spiro atoms. The Balaban J connectivity index is 2.66. The molecule has 1 nitrogen and oxygen atoms in total. The lowest BCUT2D eigenvalue weighted by atomic mass is 10.0. The van der Waals surface area contributed by atoms with E-state index in [1.165, 1.54) is 6.07 Å². The minimum absolute atomic E-state index is 0.317. The summed E-state index contributed by atoms with van der Waals surface area (Å²) in [6.07, 6.45) is -3.45. The highest BCUT2D eigenvalue weighted by molar-refractivity contribution is 5.24. The quantitative estimate of drug-likeness (QED) is 0.824. The van der Waals surface area contributed by atoms with Crippen molar-refractivity contribution in [3.05, 3.63) is 35.4 Å². The largest absolute Gasteiger partial charge is 0.393 e. The van der Waals surface area contributed by atoms with Crippen molar-refractivity contribution < 1.29 is 13.2 Å². The lowest BCUT2D eigenvalue weighted by Crippen LogP contribution is -2.11. The number of alkyl halides is 3. The topological polar surface area (TPSA) is 26.0 Å². The molecule has 0 heterocycles. The zero-order chi connectivity index (χ0) is 11.3. The molecule has 0 aliphatic carbocycles. The second-order valence-electron chi connectivity index (χ2n) is 3.50. The Bertz CT molecular complexity index is 307. The van der Waals surface area contributed by atoms with E-state index >= 15 is 0 Å². The lowest BCUT2D eigenvalue weighted by molar-refractivity contribution is -0.127. The molecule has 1 rings (SSSR count). The van der Waals surface area contributed by atoms with Crippen molar-refractivity contribution in [2.75, 3.05) is 6.54 Å². The van der Waals surface area contributed by atoms with Gasteiger partial charge in [-0.1, -0.05) is 24.3 Å². The van der Waals surface area contributed by atoms with Crippen molar-refractivity contribution in [3.63, 3.8) is 0 Å². The summed E-state index contributed by atoms with van der Waals surface area (Å²) in [5.41, 5.74) is 6.57. The zero-order valence-corrected chi connectivity index (χ0v) is 8.35. The molecule has 0 aliphatic rings. The highest BCUT2D eigenvalue weighted by atomic mass is 19.4. The Labute approximate surface area is 87.1 Å². The van der Waals surface area contributed by atoms with Crippen molar-refractivity contribution in [1.29, 1.82) is 0 Å². The maximum atomic E-state index is 12.1. The van der Waals surface area contributed by atoms with Crippen LogP contribution in [0.2, 0.25) is 0 Å². The highest BCUT2D eigenvalue weighted by Gasteiger charge is 2.27. The molecular weight excluding hydrogens is 203 g/mol. The van der Waals surface area contributed by atoms with Crippen molar-refractivity contribution in [1.82, 2.24) is 0 Å². The number of halogens is 3. The van der Waals surface area contributed by atoms with Crippen LogP contribution < -0.4 is 5.73 Å². The number of rotatable bonds is 4. The van der Waals surface area contributed by atoms with Crippen LogP contribution in [0, 0.1) is 0 Å². The summed E-state index contributed by atoms with van der Waals surface area (Å²) in [5.74, 6) is 0. The fraction of sp³-hybridized carbons (Fsp3) is 0.455. The number of hydrogen-bond donors (Lipinski definition) is 1. The van der Waals surface area contributed by atoms with Crippen molar-refractivity contribution in [3.8, 4) is 0 Å². The van der Waals surface area contributed by atoms with Crippen LogP contribution in [0.4, 0.5) is 13.2 Å². The fourth-order valence-electron chi connectivity index (χ4n) is 1.43. The van der Waals surface area contributed by atoms with Gasteiger partial charge < -0.3 is 5.73 Å². The second-order valence-corrected chi connectivity index (χ2v) is 3.50. The van der Waals surface area contributed by atoms with E-state index in [0.29, 0.717) is 12.1 Å². The van der Waals surface area contributed by atoms with Gasteiger partial charge in [-0.15, -0.1) is 0 Å². The molecule has 2 N–H and O–H groups in total. The molecule has 0 aromatic heterocycles. The zero-order valence-electron chi connectivity index (χ0n) is 8.35. The van der Waals surface area contributed by atoms with Crippen molar-refractivity contribution in [2.45, 2.75) is 25.4 Å². The molecule has 0 radical (unpaired) electrons. The average molecular weight is 217 g/mol. The molecule has 0 aliphatic heterocycles. The maximum Gasteiger partial charge on any atom is 0.393 e. The van der Waals surface area contributed by atoms with Crippen molar-refractivity contribution in [2.24, 2.45) is 5.73 Å². The van der Waals surface area contributed by atoms with Crippen LogP contribution in [0.1, 0.15) is 17.5 Å². The van der Waals surface area contributed by atoms with Gasteiger partial charge in [-0.3, -0.25) is 0 Å². The number of hydrogen-bond acceptors (Lipinski definition) is 1. The van der Waals surface area contributed by atoms with Gasteiger partial charge in [0.25, 0.3) is 0 Å². The van der Waals surface area contributed by atoms with Gasteiger partial charge in [0.15, 0.2) is 0 Å². The molecule has 0 bridgehead atoms. The van der Waals surface area contributed by atoms with Gasteiger partial charge in [-0.2, -0.15) is 13.2 Å². The smallest absolute Gasteiger partial charge is 0.330 e. The predicted molar refractivity (Wildman–Crippen MR) is 53.6 cm³/mol. The Kier molecular flexibility index (Phi) is 4.15. The molecule has 4 heteroatoms. The van der Waals surface area contributed by atoms with E-state index in [1.54, 1.807) is 12.1 Å². The van der Waals surface area contributed by atoms with E-state index in [-0.39, 0.29) is 0 Å². The van der Waals surface area contributed by atoms with Crippen LogP contribution >= 0.6 is 0 Å². The summed E-state index contributed by atoms with van der Waals surface area (Å²) in [7, 11) is 0. The molecular formula is C11H14F3N. The van der Waals surface area contributed by atoms with Crippen LogP contribution in [0.15, 0.2) is 24.3 Å². The summed E-state index contributed by atoms with van der Waals surface area (Å²) < 4.78 is 36.3. The van der Waals surface area contributed by atoms with Gasteiger partial charge in [0.1, 0.15) is 0 Å². The third-order valence-electron chi connectivity index (χ3n) is 2.07. The number of benzene rings is 1. The van der Waals surface area contributed by atoms with Gasteiger partial charge in [0.05, 0.1) is 6.42 Å². The molecule has 15 heavy (non-hydrogen) atoms. The average Bonchev–Trinajstić information content (AvgIpc) is 2.12. The Morgan fingerprint density at radius 2 is 1.80 bits per heavy atom. The molecule has 0 fully saturated rings. The highest BCUT2D eigenvalue weighted by Crippen LogP contribution is 2.21. The number of nitrogens with two attached hydrogens (primary N) is 1. The maximum absolute atomic E-state index is 12.1. The van der Waals surface area contributed by atoms with E-state index in [1.807, 2.05) is 6.07 Å². The van der Waals surface area contributed by atoms with Crippen LogP contribution in [-0.2, 0) is 12.8 Å². The second kappa shape index (κ2) is 5.16. The monoisotopic (exact) mass is 217 g/mol. The van der Waals surface area contributed by atoms with E-state index in [2.05, 4.69) is 0 Å². The van der Waals surface area contributed by atoms with Crippen LogP contribution in [0.25, 0.3) is 0 Å². The molecule has 0 saturated carbocycles. The molecule has 0 amide bonds. The summed E-state index contributed by atoms with van der Waals surface area (Å²) in [5, 5.41) is 0. The molecule has 1 aromatic rings. The van der Waals surface area contributed by atoms with Gasteiger partial charge >= 0.3 is 6.18 Å². The lowest BCUT2D eigenvalue weighted by Gasteiger charge is -2.07. The summed E-state index contributed by atoms with van der Waals surface area (Å²) in [4.78, 5) is 0. The minimum Gasteiger partial charge on any atom is -0.330 e. The Morgan fingerprint density at radius 3 is 2.40 bits per heavy atom. The first-order chi connectivity index (χ1) is 7.01. The fourth-order valence-corrected chi connectivity index (χ4v) is 1.43.